The Hall–Kier alpha value is -1.56. The third-order valence-corrected chi connectivity index (χ3v) is 2.64. The van der Waals surface area contributed by atoms with E-state index in [9.17, 15) is 19.7 Å². The highest BCUT2D eigenvalue weighted by Gasteiger charge is 2.21. The Kier molecular flexibility index (Phi) is 3.89. The summed E-state index contributed by atoms with van der Waals surface area (Å²) < 4.78 is 0. The maximum Gasteiger partial charge on any atom is 0.280 e. The lowest BCUT2D eigenvalue weighted by Crippen LogP contribution is -2.06. The van der Waals surface area contributed by atoms with Gasteiger partial charge in [0, 0.05) is 11.6 Å². The number of benzene rings is 1. The molecule has 1 aromatic rings. The van der Waals surface area contributed by atoms with E-state index in [1.807, 2.05) is 0 Å². The molecule has 0 spiro atoms. The van der Waals surface area contributed by atoms with Gasteiger partial charge in [-0.05, 0) is 18.6 Å². The van der Waals surface area contributed by atoms with Gasteiger partial charge in [-0.3, -0.25) is 19.7 Å². The van der Waals surface area contributed by atoms with Crippen LogP contribution in [0.5, 0.6) is 0 Å². The van der Waals surface area contributed by atoms with Crippen LogP contribution in [0.25, 0.3) is 0 Å². The molecule has 0 atom stereocenters. The van der Waals surface area contributed by atoms with Gasteiger partial charge in [0.15, 0.2) is 12.1 Å². The highest BCUT2D eigenvalue weighted by atomic mass is 79.9. The number of nitro benzene ring substituents is 1. The number of aldehydes is 1. The van der Waals surface area contributed by atoms with Gasteiger partial charge in [0.2, 0.25) is 0 Å². The molecule has 0 aliphatic carbocycles. The monoisotopic (exact) mass is 285 g/mol. The van der Waals surface area contributed by atoms with Gasteiger partial charge >= 0.3 is 0 Å². The first kappa shape index (κ1) is 12.5. The molecule has 0 aliphatic heterocycles. The van der Waals surface area contributed by atoms with Crippen molar-refractivity contribution < 1.29 is 14.5 Å². The fourth-order valence-electron chi connectivity index (χ4n) is 1.29. The van der Waals surface area contributed by atoms with Crippen LogP contribution in [0.2, 0.25) is 0 Å². The van der Waals surface area contributed by atoms with Gasteiger partial charge in [-0.15, -0.1) is 0 Å². The highest BCUT2D eigenvalue weighted by Crippen LogP contribution is 2.23. The van der Waals surface area contributed by atoms with Crippen molar-refractivity contribution >= 4 is 33.7 Å². The van der Waals surface area contributed by atoms with Crippen molar-refractivity contribution in [2.24, 2.45) is 0 Å². The van der Waals surface area contributed by atoms with Crippen LogP contribution in [0.3, 0.4) is 0 Å². The van der Waals surface area contributed by atoms with E-state index in [4.69, 9.17) is 0 Å². The largest absolute Gasteiger partial charge is 0.298 e. The minimum atomic E-state index is -0.664. The number of halogens is 1. The molecule has 0 aliphatic rings. The predicted molar refractivity (Wildman–Crippen MR) is 61.3 cm³/mol. The average Bonchev–Trinajstić information content (AvgIpc) is 2.27. The first-order valence-corrected chi connectivity index (χ1v) is 5.46. The zero-order chi connectivity index (χ0) is 12.3. The number of alkyl halides is 1. The second kappa shape index (κ2) is 4.98. The van der Waals surface area contributed by atoms with E-state index in [1.165, 1.54) is 6.07 Å². The van der Waals surface area contributed by atoms with E-state index in [1.54, 1.807) is 6.92 Å². The van der Waals surface area contributed by atoms with Gasteiger partial charge in [-0.2, -0.15) is 0 Å². The highest BCUT2D eigenvalue weighted by molar-refractivity contribution is 9.09. The summed E-state index contributed by atoms with van der Waals surface area (Å²) in [6, 6.07) is 2.49. The van der Waals surface area contributed by atoms with Crippen molar-refractivity contribution in [3.63, 3.8) is 0 Å². The molecular weight excluding hydrogens is 278 g/mol. The van der Waals surface area contributed by atoms with Crippen LogP contribution in [-0.4, -0.2) is 22.3 Å². The summed E-state index contributed by atoms with van der Waals surface area (Å²) in [5.74, 6) is -0.382. The number of carbonyl (C=O) groups is 2. The maximum atomic E-state index is 11.5. The first-order chi connectivity index (χ1) is 7.51. The Balaban J connectivity index is 3.47. The zero-order valence-electron chi connectivity index (χ0n) is 8.40. The molecule has 0 saturated carbocycles. The van der Waals surface area contributed by atoms with Crippen molar-refractivity contribution in [3.05, 3.63) is 38.9 Å². The fourth-order valence-corrected chi connectivity index (χ4v) is 1.59. The summed E-state index contributed by atoms with van der Waals surface area (Å²) in [5.41, 5.74) is 0.449. The van der Waals surface area contributed by atoms with E-state index in [0.717, 1.165) is 6.07 Å². The molecule has 0 fully saturated rings. The SMILES string of the molecule is Cc1cc(C(=O)CBr)c([N+](=O)[O-])cc1C=O. The second-order valence-corrected chi connectivity index (χ2v) is 3.72. The molecule has 0 N–H and O–H groups in total. The van der Waals surface area contributed by atoms with Gasteiger partial charge in [-0.25, -0.2) is 0 Å². The van der Waals surface area contributed by atoms with Crippen LogP contribution in [0.1, 0.15) is 26.3 Å². The topological polar surface area (TPSA) is 77.3 Å². The van der Waals surface area contributed by atoms with Crippen molar-refractivity contribution in [1.82, 2.24) is 0 Å². The van der Waals surface area contributed by atoms with Crippen molar-refractivity contribution in [2.75, 3.05) is 5.33 Å². The standard InChI is InChI=1S/C10H8BrNO4/c1-6-2-8(10(14)4-11)9(12(15)16)3-7(6)5-13/h2-3,5H,4H2,1H3. The average molecular weight is 286 g/mol. The van der Waals surface area contributed by atoms with Crippen LogP contribution in [0.15, 0.2) is 12.1 Å². The van der Waals surface area contributed by atoms with Crippen LogP contribution >= 0.6 is 15.9 Å². The van der Waals surface area contributed by atoms with E-state index >= 15 is 0 Å². The molecule has 6 heteroatoms. The third-order valence-electron chi connectivity index (χ3n) is 2.13. The van der Waals surface area contributed by atoms with Crippen molar-refractivity contribution in [3.8, 4) is 0 Å². The summed E-state index contributed by atoms with van der Waals surface area (Å²) in [6.07, 6.45) is 0.532. The lowest BCUT2D eigenvalue weighted by molar-refractivity contribution is -0.385. The summed E-state index contributed by atoms with van der Waals surface area (Å²) in [6.45, 7) is 1.62. The third kappa shape index (κ3) is 2.33. The second-order valence-electron chi connectivity index (χ2n) is 3.16. The molecule has 0 heterocycles. The number of hydrogen-bond acceptors (Lipinski definition) is 4. The molecular formula is C10H8BrNO4. The van der Waals surface area contributed by atoms with Crippen LogP contribution < -0.4 is 0 Å². The van der Waals surface area contributed by atoms with Gasteiger partial charge < -0.3 is 0 Å². The van der Waals surface area contributed by atoms with Gasteiger partial charge in [-0.1, -0.05) is 15.9 Å². The lowest BCUT2D eigenvalue weighted by Gasteiger charge is -2.03. The number of nitrogens with zero attached hydrogens (tertiary/aromatic N) is 1. The van der Waals surface area contributed by atoms with E-state index in [-0.39, 0.29) is 27.9 Å². The molecule has 0 amide bonds. The summed E-state index contributed by atoms with van der Waals surface area (Å²) >= 11 is 2.95. The Morgan fingerprint density at radius 2 is 2.19 bits per heavy atom. The van der Waals surface area contributed by atoms with E-state index < -0.39 is 4.92 Å². The number of Topliss-reactive ketones (excluding diaryl/α,β-unsaturated/α-hetero) is 1. The summed E-state index contributed by atoms with van der Waals surface area (Å²) in [4.78, 5) is 32.2. The Morgan fingerprint density at radius 3 is 2.62 bits per heavy atom. The molecule has 0 saturated heterocycles. The lowest BCUT2D eigenvalue weighted by atomic mass is 10.0. The normalized spacial score (nSPS) is 9.88. The number of rotatable bonds is 4. The summed E-state index contributed by atoms with van der Waals surface area (Å²) in [7, 11) is 0. The molecule has 16 heavy (non-hydrogen) atoms. The van der Waals surface area contributed by atoms with Gasteiger partial charge in [0.25, 0.3) is 5.69 Å². The zero-order valence-corrected chi connectivity index (χ0v) is 9.98. The van der Waals surface area contributed by atoms with Gasteiger partial charge in [0.1, 0.15) is 0 Å². The Morgan fingerprint density at radius 1 is 1.56 bits per heavy atom. The first-order valence-electron chi connectivity index (χ1n) is 4.34. The molecule has 1 rings (SSSR count). The van der Waals surface area contributed by atoms with Crippen LogP contribution in [0.4, 0.5) is 5.69 Å². The van der Waals surface area contributed by atoms with Crippen LogP contribution in [0, 0.1) is 17.0 Å². The minimum absolute atomic E-state index is 0.00765. The molecule has 0 unspecified atom stereocenters. The quantitative estimate of drug-likeness (QED) is 0.280. The maximum absolute atomic E-state index is 11.5. The minimum Gasteiger partial charge on any atom is -0.298 e. The molecule has 5 nitrogen and oxygen atoms in total. The van der Waals surface area contributed by atoms with E-state index in [2.05, 4.69) is 15.9 Å². The number of aryl methyl sites for hydroxylation is 1. The molecule has 84 valence electrons. The summed E-state index contributed by atoms with van der Waals surface area (Å²) in [5, 5.41) is 10.8. The molecule has 0 bridgehead atoms. The van der Waals surface area contributed by atoms with Gasteiger partial charge in [0.05, 0.1) is 15.8 Å². The predicted octanol–water partition coefficient (Wildman–Crippen LogP) is 2.29. The number of ketones is 1. The Labute approximate surface area is 99.7 Å². The van der Waals surface area contributed by atoms with E-state index in [0.29, 0.717) is 11.8 Å². The fraction of sp³-hybridized carbons (Fsp3) is 0.200. The molecule has 0 radical (unpaired) electrons. The molecule has 0 aromatic heterocycles. The number of hydrogen-bond donors (Lipinski definition) is 0. The Bertz CT molecular complexity index is 470. The smallest absolute Gasteiger partial charge is 0.280 e. The number of nitro groups is 1. The van der Waals surface area contributed by atoms with Crippen molar-refractivity contribution in [1.29, 1.82) is 0 Å². The molecule has 1 aromatic carbocycles. The number of carbonyl (C=O) groups excluding carboxylic acids is 2. The van der Waals surface area contributed by atoms with Crippen molar-refractivity contribution in [2.45, 2.75) is 6.92 Å². The van der Waals surface area contributed by atoms with Crippen LogP contribution in [-0.2, 0) is 0 Å².